The molecule has 3 rings (SSSR count). The number of hydrogen-bond acceptors (Lipinski definition) is 4. The molecule has 0 bridgehead atoms. The molecule has 0 saturated heterocycles. The molecule has 0 radical (unpaired) electrons. The summed E-state index contributed by atoms with van der Waals surface area (Å²) in [6, 6.07) is 22.1. The van der Waals surface area contributed by atoms with Gasteiger partial charge in [0.25, 0.3) is 5.91 Å². The number of nitrogens with one attached hydrogen (secondary N) is 3. The summed E-state index contributed by atoms with van der Waals surface area (Å²) in [5.74, 6) is 0.186. The first-order valence-electron chi connectivity index (χ1n) is 10.1. The molecule has 0 fully saturated rings. The summed E-state index contributed by atoms with van der Waals surface area (Å²) >= 11 is 0. The first-order chi connectivity index (χ1) is 15.0. The largest absolute Gasteiger partial charge is 0.497 e. The third-order valence-corrected chi connectivity index (χ3v) is 5.02. The molecular weight excluding hydrogens is 390 g/mol. The lowest BCUT2D eigenvalue weighted by atomic mass is 10.0. The zero-order chi connectivity index (χ0) is 22.2. The number of carbonyl (C=O) groups is 2. The molecule has 31 heavy (non-hydrogen) atoms. The van der Waals surface area contributed by atoms with Gasteiger partial charge in [0.1, 0.15) is 5.75 Å². The van der Waals surface area contributed by atoms with Crippen molar-refractivity contribution in [2.75, 3.05) is 24.3 Å². The van der Waals surface area contributed by atoms with Gasteiger partial charge in [0.05, 0.1) is 24.9 Å². The van der Waals surface area contributed by atoms with E-state index in [2.05, 4.69) is 16.0 Å². The number of amides is 2. The van der Waals surface area contributed by atoms with Gasteiger partial charge in [-0.15, -0.1) is 0 Å². The lowest BCUT2D eigenvalue weighted by Crippen LogP contribution is -2.31. The number of rotatable bonds is 8. The minimum atomic E-state index is -0.303. The smallest absolute Gasteiger partial charge is 0.257 e. The third kappa shape index (κ3) is 5.93. The molecule has 2 amide bonds. The Labute approximate surface area is 182 Å². The van der Waals surface area contributed by atoms with E-state index in [1.54, 1.807) is 55.6 Å². The molecule has 6 heteroatoms. The Hall–Kier alpha value is -3.64. The van der Waals surface area contributed by atoms with Crippen LogP contribution in [0.25, 0.3) is 0 Å². The number of aryl methyl sites for hydroxylation is 1. The van der Waals surface area contributed by atoms with Crippen molar-refractivity contribution < 1.29 is 14.3 Å². The van der Waals surface area contributed by atoms with Crippen molar-refractivity contribution in [3.05, 3.63) is 89.5 Å². The lowest BCUT2D eigenvalue weighted by Gasteiger charge is -2.17. The Morgan fingerprint density at radius 3 is 2.29 bits per heavy atom. The Bertz CT molecular complexity index is 1050. The molecule has 0 unspecified atom stereocenters. The minimum Gasteiger partial charge on any atom is -0.497 e. The van der Waals surface area contributed by atoms with Crippen molar-refractivity contribution in [2.45, 2.75) is 19.9 Å². The van der Waals surface area contributed by atoms with Crippen LogP contribution in [0.1, 0.15) is 34.5 Å². The van der Waals surface area contributed by atoms with E-state index in [0.717, 1.165) is 5.56 Å². The van der Waals surface area contributed by atoms with Crippen molar-refractivity contribution in [2.24, 2.45) is 0 Å². The number of anilines is 2. The van der Waals surface area contributed by atoms with Gasteiger partial charge in [0.2, 0.25) is 5.91 Å². The maximum atomic E-state index is 12.8. The average Bonchev–Trinajstić information content (AvgIpc) is 2.78. The van der Waals surface area contributed by atoms with E-state index < -0.39 is 0 Å². The molecule has 0 aliphatic heterocycles. The van der Waals surface area contributed by atoms with E-state index in [9.17, 15) is 9.59 Å². The van der Waals surface area contributed by atoms with Crippen molar-refractivity contribution in [1.82, 2.24) is 5.32 Å². The second-order valence-electron chi connectivity index (χ2n) is 7.24. The van der Waals surface area contributed by atoms with Gasteiger partial charge in [-0.2, -0.15) is 0 Å². The van der Waals surface area contributed by atoms with Crippen molar-refractivity contribution in [1.29, 1.82) is 0 Å². The van der Waals surface area contributed by atoms with Crippen LogP contribution >= 0.6 is 0 Å². The molecule has 6 nitrogen and oxygen atoms in total. The van der Waals surface area contributed by atoms with Gasteiger partial charge >= 0.3 is 0 Å². The summed E-state index contributed by atoms with van der Waals surface area (Å²) < 4.78 is 5.13. The zero-order valence-electron chi connectivity index (χ0n) is 17.9. The molecule has 0 heterocycles. The fraction of sp³-hybridized carbons (Fsp3) is 0.200. The number of carbonyl (C=O) groups excluding carboxylic acids is 2. The van der Waals surface area contributed by atoms with Crippen molar-refractivity contribution >= 4 is 23.2 Å². The second kappa shape index (κ2) is 10.4. The van der Waals surface area contributed by atoms with Crippen molar-refractivity contribution in [3.63, 3.8) is 0 Å². The van der Waals surface area contributed by atoms with E-state index in [1.165, 1.54) is 5.56 Å². The van der Waals surface area contributed by atoms with E-state index in [4.69, 9.17) is 4.74 Å². The molecule has 0 aliphatic carbocycles. The summed E-state index contributed by atoms with van der Waals surface area (Å²) in [5.41, 5.74) is 3.81. The fourth-order valence-electron chi connectivity index (χ4n) is 3.29. The van der Waals surface area contributed by atoms with E-state index in [1.807, 2.05) is 38.1 Å². The molecule has 160 valence electrons. The lowest BCUT2D eigenvalue weighted by molar-refractivity contribution is -0.115. The Kier molecular flexibility index (Phi) is 7.40. The summed E-state index contributed by atoms with van der Waals surface area (Å²) in [6.45, 7) is 4.20. The predicted octanol–water partition coefficient (Wildman–Crippen LogP) is 4.55. The van der Waals surface area contributed by atoms with Crippen LogP contribution in [0.5, 0.6) is 5.75 Å². The maximum absolute atomic E-state index is 12.8. The minimum absolute atomic E-state index is 0.0283. The van der Waals surface area contributed by atoms with Crippen LogP contribution in [-0.2, 0) is 4.79 Å². The molecule has 3 aromatic carbocycles. The van der Waals surface area contributed by atoms with Crippen LogP contribution in [-0.4, -0.2) is 25.5 Å². The number of methoxy groups -OCH3 is 1. The van der Waals surface area contributed by atoms with Crippen LogP contribution < -0.4 is 20.7 Å². The average molecular weight is 418 g/mol. The number of para-hydroxylation sites is 1. The van der Waals surface area contributed by atoms with E-state index >= 15 is 0 Å². The summed E-state index contributed by atoms with van der Waals surface area (Å²) in [4.78, 5) is 25.3. The van der Waals surface area contributed by atoms with E-state index in [-0.39, 0.29) is 24.4 Å². The first-order valence-corrected chi connectivity index (χ1v) is 10.1. The first kappa shape index (κ1) is 22.1. The molecule has 0 aliphatic rings. The van der Waals surface area contributed by atoms with Gasteiger partial charge in [-0.1, -0.05) is 36.4 Å². The van der Waals surface area contributed by atoms with Crippen LogP contribution in [0.4, 0.5) is 11.4 Å². The number of ether oxygens (including phenoxy) is 1. The predicted molar refractivity (Wildman–Crippen MR) is 124 cm³/mol. The van der Waals surface area contributed by atoms with Crippen LogP contribution in [0.3, 0.4) is 0 Å². The molecular formula is C25H27N3O3. The normalized spacial score (nSPS) is 11.5. The number of hydrogen-bond donors (Lipinski definition) is 3. The van der Waals surface area contributed by atoms with Crippen LogP contribution in [0.15, 0.2) is 72.8 Å². The standard InChI is InChI=1S/C25H27N3O3/c1-17-8-4-5-9-21(17)18(2)26-16-24(29)28-23-11-7-6-10-22(23)25(30)27-19-12-14-20(31-3)15-13-19/h4-15,18,26H,16H2,1-3H3,(H,27,30)(H,28,29)/t18-/m1/s1. The molecule has 0 spiro atoms. The Morgan fingerprint density at radius 1 is 0.903 bits per heavy atom. The molecule has 3 aromatic rings. The van der Waals surface area contributed by atoms with Gasteiger partial charge in [-0.25, -0.2) is 0 Å². The van der Waals surface area contributed by atoms with Gasteiger partial charge < -0.3 is 20.7 Å². The third-order valence-electron chi connectivity index (χ3n) is 5.02. The molecule has 1 atom stereocenters. The highest BCUT2D eigenvalue weighted by molar-refractivity contribution is 6.10. The Balaban J connectivity index is 1.62. The van der Waals surface area contributed by atoms with Crippen LogP contribution in [0, 0.1) is 6.92 Å². The summed E-state index contributed by atoms with van der Waals surface area (Å²) in [7, 11) is 1.59. The quantitative estimate of drug-likeness (QED) is 0.503. The topological polar surface area (TPSA) is 79.5 Å². The molecule has 0 aromatic heterocycles. The summed E-state index contributed by atoms with van der Waals surface area (Å²) in [5, 5.41) is 8.91. The second-order valence-corrected chi connectivity index (χ2v) is 7.24. The van der Waals surface area contributed by atoms with Gasteiger partial charge in [-0.3, -0.25) is 9.59 Å². The SMILES string of the molecule is COc1ccc(NC(=O)c2ccccc2NC(=O)CN[C@H](C)c2ccccc2C)cc1. The Morgan fingerprint density at radius 2 is 1.58 bits per heavy atom. The fourth-order valence-corrected chi connectivity index (χ4v) is 3.29. The highest BCUT2D eigenvalue weighted by Crippen LogP contribution is 2.20. The number of benzene rings is 3. The summed E-state index contributed by atoms with van der Waals surface area (Å²) in [6.07, 6.45) is 0. The highest BCUT2D eigenvalue weighted by atomic mass is 16.5. The monoisotopic (exact) mass is 417 g/mol. The highest BCUT2D eigenvalue weighted by Gasteiger charge is 2.15. The van der Waals surface area contributed by atoms with Crippen LogP contribution in [0.2, 0.25) is 0 Å². The molecule has 3 N–H and O–H groups in total. The van der Waals surface area contributed by atoms with Gasteiger partial charge in [-0.05, 0) is 61.4 Å². The van der Waals surface area contributed by atoms with Gasteiger partial charge in [0, 0.05) is 11.7 Å². The zero-order valence-corrected chi connectivity index (χ0v) is 17.9. The van der Waals surface area contributed by atoms with E-state index in [0.29, 0.717) is 22.7 Å². The van der Waals surface area contributed by atoms with Gasteiger partial charge in [0.15, 0.2) is 0 Å². The molecule has 0 saturated carbocycles. The van der Waals surface area contributed by atoms with Crippen molar-refractivity contribution in [3.8, 4) is 5.75 Å². The maximum Gasteiger partial charge on any atom is 0.257 e.